The van der Waals surface area contributed by atoms with Gasteiger partial charge in [-0.15, -0.1) is 0 Å². The van der Waals surface area contributed by atoms with Crippen LogP contribution in [0.2, 0.25) is 0 Å². The van der Waals surface area contributed by atoms with Crippen LogP contribution in [0.25, 0.3) is 22.4 Å². The summed E-state index contributed by atoms with van der Waals surface area (Å²) >= 11 is 3.41. The Labute approximate surface area is 106 Å². The Kier molecular flexibility index (Phi) is 2.19. The van der Waals surface area contributed by atoms with Gasteiger partial charge in [-0.25, -0.2) is 4.98 Å². The van der Waals surface area contributed by atoms with E-state index in [1.165, 1.54) is 0 Å². The predicted molar refractivity (Wildman–Crippen MR) is 70.4 cm³/mol. The molecule has 3 aromatic rings. The molecule has 0 saturated carbocycles. The predicted octanol–water partition coefficient (Wildman–Crippen LogP) is 2.31. The Hall–Kier alpha value is -1.82. The third-order valence-electron chi connectivity index (χ3n) is 2.56. The van der Waals surface area contributed by atoms with Gasteiger partial charge in [-0.1, -0.05) is 15.9 Å². The Morgan fingerprint density at radius 2 is 2.24 bits per heavy atom. The highest BCUT2D eigenvalue weighted by molar-refractivity contribution is 9.10. The highest BCUT2D eigenvalue weighted by Crippen LogP contribution is 2.27. The van der Waals surface area contributed by atoms with Crippen LogP contribution in [0.1, 0.15) is 0 Å². The highest BCUT2D eigenvalue weighted by atomic mass is 79.9. The lowest BCUT2D eigenvalue weighted by atomic mass is 10.3. The van der Waals surface area contributed by atoms with E-state index in [-0.39, 0.29) is 0 Å². The first-order valence-corrected chi connectivity index (χ1v) is 5.86. The van der Waals surface area contributed by atoms with Crippen molar-refractivity contribution in [1.29, 1.82) is 0 Å². The lowest BCUT2D eigenvalue weighted by Crippen LogP contribution is -1.86. The second-order valence-corrected chi connectivity index (χ2v) is 4.79. The molecule has 0 radical (unpaired) electrons. The molecule has 0 unspecified atom stereocenters. The zero-order valence-corrected chi connectivity index (χ0v) is 10.7. The van der Waals surface area contributed by atoms with Crippen LogP contribution < -0.4 is 5.73 Å². The molecule has 0 aliphatic heterocycles. The average Bonchev–Trinajstić information content (AvgIpc) is 2.83. The van der Waals surface area contributed by atoms with Gasteiger partial charge in [-0.05, 0) is 12.1 Å². The van der Waals surface area contributed by atoms with Crippen molar-refractivity contribution < 1.29 is 0 Å². The molecule has 2 aromatic heterocycles. The maximum absolute atomic E-state index is 5.92. The molecule has 5 nitrogen and oxygen atoms in total. The number of hydrogen-bond acceptors (Lipinski definition) is 3. The largest absolute Gasteiger partial charge is 0.397 e. The average molecular weight is 292 g/mol. The Bertz CT molecular complexity index is 697. The van der Waals surface area contributed by atoms with Crippen molar-refractivity contribution in [3.63, 3.8) is 0 Å². The SMILES string of the molecule is Cn1cc(-c2nc3c(N)cc(Br)cc3[nH]2)cn1. The fourth-order valence-electron chi connectivity index (χ4n) is 1.79. The summed E-state index contributed by atoms with van der Waals surface area (Å²) in [5.74, 6) is 0.776. The molecule has 3 rings (SSSR count). The van der Waals surface area contributed by atoms with E-state index in [4.69, 9.17) is 5.73 Å². The number of nitrogens with one attached hydrogen (secondary N) is 1. The van der Waals surface area contributed by atoms with E-state index in [1.807, 2.05) is 25.4 Å². The number of nitrogen functional groups attached to an aromatic ring is 1. The molecule has 0 bridgehead atoms. The number of imidazole rings is 1. The maximum Gasteiger partial charge on any atom is 0.141 e. The van der Waals surface area contributed by atoms with Crippen molar-refractivity contribution in [2.24, 2.45) is 7.05 Å². The van der Waals surface area contributed by atoms with Gasteiger partial charge in [-0.3, -0.25) is 4.68 Å². The van der Waals surface area contributed by atoms with Gasteiger partial charge in [0.15, 0.2) is 0 Å². The minimum atomic E-state index is 0.653. The van der Waals surface area contributed by atoms with Crippen LogP contribution in [0.15, 0.2) is 29.0 Å². The van der Waals surface area contributed by atoms with Crippen molar-refractivity contribution in [2.75, 3.05) is 5.73 Å². The molecule has 0 saturated heterocycles. The zero-order valence-electron chi connectivity index (χ0n) is 9.11. The van der Waals surface area contributed by atoms with Gasteiger partial charge in [0.1, 0.15) is 11.3 Å². The first-order chi connectivity index (χ1) is 8.13. The number of nitrogens with zero attached hydrogens (tertiary/aromatic N) is 3. The maximum atomic E-state index is 5.92. The topological polar surface area (TPSA) is 72.5 Å². The molecule has 1 aromatic carbocycles. The third kappa shape index (κ3) is 1.70. The van der Waals surface area contributed by atoms with Gasteiger partial charge in [-0.2, -0.15) is 5.10 Å². The second-order valence-electron chi connectivity index (χ2n) is 3.88. The van der Waals surface area contributed by atoms with Crippen LogP contribution in [0.4, 0.5) is 5.69 Å². The Morgan fingerprint density at radius 1 is 1.41 bits per heavy atom. The molecule has 0 amide bonds. The van der Waals surface area contributed by atoms with Crippen LogP contribution >= 0.6 is 15.9 Å². The number of benzene rings is 1. The number of aromatic nitrogens is 4. The van der Waals surface area contributed by atoms with Gasteiger partial charge in [0.05, 0.1) is 23.0 Å². The molecule has 0 atom stereocenters. The van der Waals surface area contributed by atoms with Crippen LogP contribution in [-0.2, 0) is 7.05 Å². The number of H-pyrrole nitrogens is 1. The van der Waals surface area contributed by atoms with Crippen LogP contribution in [-0.4, -0.2) is 19.7 Å². The lowest BCUT2D eigenvalue weighted by Gasteiger charge is -1.94. The van der Waals surface area contributed by atoms with E-state index in [9.17, 15) is 0 Å². The molecule has 86 valence electrons. The summed E-state index contributed by atoms with van der Waals surface area (Å²) in [5.41, 5.74) is 9.21. The molecular weight excluding hydrogens is 282 g/mol. The monoisotopic (exact) mass is 291 g/mol. The molecule has 17 heavy (non-hydrogen) atoms. The molecule has 0 spiro atoms. The van der Waals surface area contributed by atoms with Crippen LogP contribution in [0, 0.1) is 0 Å². The normalized spacial score (nSPS) is 11.2. The molecule has 2 heterocycles. The summed E-state index contributed by atoms with van der Waals surface area (Å²) in [6.45, 7) is 0. The molecule has 6 heteroatoms. The standard InChI is InChI=1S/C11H10BrN5/c1-17-5-6(4-14-17)11-15-9-3-7(12)2-8(13)10(9)16-11/h2-5H,13H2,1H3,(H,15,16). The molecular formula is C11H10BrN5. The van der Waals surface area contributed by atoms with E-state index in [0.29, 0.717) is 5.69 Å². The number of aromatic amines is 1. The first kappa shape index (κ1) is 10.3. The summed E-state index contributed by atoms with van der Waals surface area (Å²) in [6.07, 6.45) is 3.67. The van der Waals surface area contributed by atoms with Crippen molar-refractivity contribution >= 4 is 32.7 Å². The molecule has 0 aliphatic carbocycles. The van der Waals surface area contributed by atoms with Crippen LogP contribution in [0.3, 0.4) is 0 Å². The van der Waals surface area contributed by atoms with E-state index >= 15 is 0 Å². The van der Waals surface area contributed by atoms with Gasteiger partial charge in [0, 0.05) is 17.7 Å². The summed E-state index contributed by atoms with van der Waals surface area (Å²) in [6, 6.07) is 3.80. The first-order valence-electron chi connectivity index (χ1n) is 5.07. The van der Waals surface area contributed by atoms with E-state index in [1.54, 1.807) is 10.9 Å². The number of halogens is 1. The summed E-state index contributed by atoms with van der Waals surface area (Å²) < 4.78 is 2.67. The zero-order chi connectivity index (χ0) is 12.0. The summed E-state index contributed by atoms with van der Waals surface area (Å²) in [4.78, 5) is 7.71. The van der Waals surface area contributed by atoms with E-state index in [2.05, 4.69) is 31.0 Å². The van der Waals surface area contributed by atoms with Crippen molar-refractivity contribution in [3.05, 3.63) is 29.0 Å². The van der Waals surface area contributed by atoms with Gasteiger partial charge < -0.3 is 10.7 Å². The number of nitrogens with two attached hydrogens (primary N) is 1. The number of anilines is 1. The van der Waals surface area contributed by atoms with E-state index in [0.717, 1.165) is 26.9 Å². The smallest absolute Gasteiger partial charge is 0.141 e. The van der Waals surface area contributed by atoms with E-state index < -0.39 is 0 Å². The lowest BCUT2D eigenvalue weighted by molar-refractivity contribution is 0.768. The number of rotatable bonds is 1. The molecule has 0 aliphatic rings. The number of fused-ring (bicyclic) bond motifs is 1. The fourth-order valence-corrected chi connectivity index (χ4v) is 2.26. The third-order valence-corrected chi connectivity index (χ3v) is 3.02. The van der Waals surface area contributed by atoms with Crippen LogP contribution in [0.5, 0.6) is 0 Å². The number of aryl methyl sites for hydroxylation is 1. The van der Waals surface area contributed by atoms with Gasteiger partial charge >= 0.3 is 0 Å². The minimum absolute atomic E-state index is 0.653. The molecule has 3 N–H and O–H groups in total. The quantitative estimate of drug-likeness (QED) is 0.676. The summed E-state index contributed by atoms with van der Waals surface area (Å²) in [5, 5.41) is 4.12. The van der Waals surface area contributed by atoms with Crippen molar-refractivity contribution in [3.8, 4) is 11.4 Å². The molecule has 0 fully saturated rings. The number of hydrogen-bond donors (Lipinski definition) is 2. The van der Waals surface area contributed by atoms with Gasteiger partial charge in [0.2, 0.25) is 0 Å². The Morgan fingerprint density at radius 3 is 2.94 bits per heavy atom. The van der Waals surface area contributed by atoms with Crippen molar-refractivity contribution in [1.82, 2.24) is 19.7 Å². The second kappa shape index (κ2) is 3.59. The Balaban J connectivity index is 2.23. The fraction of sp³-hybridized carbons (Fsp3) is 0.0909. The van der Waals surface area contributed by atoms with Crippen molar-refractivity contribution in [2.45, 2.75) is 0 Å². The minimum Gasteiger partial charge on any atom is -0.397 e. The summed E-state index contributed by atoms with van der Waals surface area (Å²) in [7, 11) is 1.87. The highest BCUT2D eigenvalue weighted by Gasteiger charge is 2.09. The van der Waals surface area contributed by atoms with Gasteiger partial charge in [0.25, 0.3) is 0 Å².